The third kappa shape index (κ3) is 5.85. The number of amides is 1. The number of nitriles is 1. The average molecular weight is 312 g/mol. The summed E-state index contributed by atoms with van der Waals surface area (Å²) in [6.45, 7) is 9.31. The fraction of sp³-hybridized carbons (Fsp3) is 0.444. The van der Waals surface area contributed by atoms with Crippen molar-refractivity contribution in [2.45, 2.75) is 13.0 Å². The highest BCUT2D eigenvalue weighted by Gasteiger charge is 2.16. The molecule has 0 saturated carbocycles. The highest BCUT2D eigenvalue weighted by molar-refractivity contribution is 5.78. The normalized spacial score (nSPS) is 16.3. The minimum atomic E-state index is 0.0606. The standard InChI is InChI=1S/C18H24N4O/c1-2-8-20-18(23)15-22-10-3-9-21(11-12-22)14-17-6-4-16(13-19)5-7-17/h2,4-7H,1,3,8-12,14-15H2,(H,20,23). The average Bonchev–Trinajstić information content (AvgIpc) is 2.79. The fourth-order valence-corrected chi connectivity index (χ4v) is 2.73. The van der Waals surface area contributed by atoms with Crippen molar-refractivity contribution in [3.63, 3.8) is 0 Å². The molecule has 1 aromatic carbocycles. The molecule has 0 unspecified atom stereocenters. The Labute approximate surface area is 138 Å². The van der Waals surface area contributed by atoms with E-state index in [1.165, 1.54) is 5.56 Å². The molecule has 0 aromatic heterocycles. The van der Waals surface area contributed by atoms with E-state index in [-0.39, 0.29) is 5.91 Å². The molecule has 0 radical (unpaired) electrons. The first-order valence-electron chi connectivity index (χ1n) is 8.02. The van der Waals surface area contributed by atoms with Crippen LogP contribution in [0.2, 0.25) is 0 Å². The monoisotopic (exact) mass is 312 g/mol. The number of benzene rings is 1. The molecule has 1 aliphatic rings. The Hall–Kier alpha value is -2.16. The summed E-state index contributed by atoms with van der Waals surface area (Å²) in [5.74, 6) is 0.0606. The van der Waals surface area contributed by atoms with Crippen LogP contribution in [0.15, 0.2) is 36.9 Å². The fourth-order valence-electron chi connectivity index (χ4n) is 2.73. The summed E-state index contributed by atoms with van der Waals surface area (Å²) in [4.78, 5) is 16.4. The van der Waals surface area contributed by atoms with Crippen molar-refractivity contribution in [3.8, 4) is 6.07 Å². The second-order valence-electron chi connectivity index (χ2n) is 5.81. The van der Waals surface area contributed by atoms with Crippen LogP contribution in [0.1, 0.15) is 17.5 Å². The molecule has 0 atom stereocenters. The molecule has 1 aromatic rings. The van der Waals surface area contributed by atoms with Gasteiger partial charge in [0.05, 0.1) is 18.2 Å². The topological polar surface area (TPSA) is 59.4 Å². The summed E-state index contributed by atoms with van der Waals surface area (Å²) < 4.78 is 0. The van der Waals surface area contributed by atoms with E-state index in [4.69, 9.17) is 5.26 Å². The second kappa shape index (κ2) is 9.09. The Morgan fingerprint density at radius 3 is 2.61 bits per heavy atom. The van der Waals surface area contributed by atoms with Gasteiger partial charge in [0, 0.05) is 26.2 Å². The lowest BCUT2D eigenvalue weighted by Gasteiger charge is -2.21. The summed E-state index contributed by atoms with van der Waals surface area (Å²) in [5, 5.41) is 11.7. The van der Waals surface area contributed by atoms with Crippen molar-refractivity contribution in [3.05, 3.63) is 48.0 Å². The smallest absolute Gasteiger partial charge is 0.234 e. The van der Waals surface area contributed by atoms with Gasteiger partial charge in [-0.25, -0.2) is 0 Å². The van der Waals surface area contributed by atoms with Crippen molar-refractivity contribution < 1.29 is 4.79 Å². The summed E-state index contributed by atoms with van der Waals surface area (Å²) in [6, 6.07) is 9.91. The van der Waals surface area contributed by atoms with E-state index in [9.17, 15) is 4.79 Å². The number of nitrogens with zero attached hydrogens (tertiary/aromatic N) is 3. The molecule has 5 nitrogen and oxygen atoms in total. The molecule has 1 heterocycles. The number of rotatable bonds is 6. The van der Waals surface area contributed by atoms with Gasteiger partial charge in [-0.2, -0.15) is 5.26 Å². The maximum atomic E-state index is 11.8. The molecular weight excluding hydrogens is 288 g/mol. The van der Waals surface area contributed by atoms with Gasteiger partial charge >= 0.3 is 0 Å². The van der Waals surface area contributed by atoms with Gasteiger partial charge in [-0.3, -0.25) is 14.6 Å². The van der Waals surface area contributed by atoms with Crippen LogP contribution in [0, 0.1) is 11.3 Å². The van der Waals surface area contributed by atoms with E-state index in [2.05, 4.69) is 27.8 Å². The highest BCUT2D eigenvalue weighted by Crippen LogP contribution is 2.10. The van der Waals surface area contributed by atoms with Gasteiger partial charge < -0.3 is 5.32 Å². The van der Waals surface area contributed by atoms with Crippen LogP contribution < -0.4 is 5.32 Å². The van der Waals surface area contributed by atoms with E-state index < -0.39 is 0 Å². The lowest BCUT2D eigenvalue weighted by molar-refractivity contribution is -0.122. The number of hydrogen-bond acceptors (Lipinski definition) is 4. The Balaban J connectivity index is 1.80. The van der Waals surface area contributed by atoms with Crippen LogP contribution in [0.3, 0.4) is 0 Å². The molecule has 1 aliphatic heterocycles. The van der Waals surface area contributed by atoms with Crippen molar-refractivity contribution in [2.75, 3.05) is 39.3 Å². The van der Waals surface area contributed by atoms with Gasteiger partial charge in [0.15, 0.2) is 0 Å². The van der Waals surface area contributed by atoms with Crippen LogP contribution in [0.5, 0.6) is 0 Å². The molecule has 1 saturated heterocycles. The molecule has 0 bridgehead atoms. The number of nitrogens with one attached hydrogen (secondary N) is 1. The Bertz CT molecular complexity index is 561. The number of hydrogen-bond donors (Lipinski definition) is 1. The molecule has 2 rings (SSSR count). The van der Waals surface area contributed by atoms with E-state index in [1.807, 2.05) is 24.3 Å². The maximum Gasteiger partial charge on any atom is 0.234 e. The Kier molecular flexibility index (Phi) is 6.79. The van der Waals surface area contributed by atoms with Gasteiger partial charge in [-0.05, 0) is 37.2 Å². The van der Waals surface area contributed by atoms with E-state index in [0.717, 1.165) is 39.1 Å². The zero-order valence-corrected chi connectivity index (χ0v) is 13.5. The van der Waals surface area contributed by atoms with Crippen LogP contribution in [0.4, 0.5) is 0 Å². The maximum absolute atomic E-state index is 11.8. The predicted octanol–water partition coefficient (Wildman–Crippen LogP) is 1.37. The minimum absolute atomic E-state index is 0.0606. The molecule has 122 valence electrons. The first-order chi connectivity index (χ1) is 11.2. The number of carbonyl (C=O) groups excluding carboxylic acids is 1. The molecule has 23 heavy (non-hydrogen) atoms. The van der Waals surface area contributed by atoms with Crippen LogP contribution in [0.25, 0.3) is 0 Å². The quantitative estimate of drug-likeness (QED) is 0.806. The van der Waals surface area contributed by atoms with Crippen molar-refractivity contribution in [2.24, 2.45) is 0 Å². The van der Waals surface area contributed by atoms with E-state index in [0.29, 0.717) is 18.7 Å². The third-order valence-corrected chi connectivity index (χ3v) is 3.98. The zero-order valence-electron chi connectivity index (χ0n) is 13.5. The van der Waals surface area contributed by atoms with Gasteiger partial charge in [-0.1, -0.05) is 18.2 Å². The summed E-state index contributed by atoms with van der Waals surface area (Å²) in [6.07, 6.45) is 2.75. The molecule has 1 N–H and O–H groups in total. The van der Waals surface area contributed by atoms with Crippen molar-refractivity contribution >= 4 is 5.91 Å². The van der Waals surface area contributed by atoms with Crippen LogP contribution in [-0.2, 0) is 11.3 Å². The molecule has 1 fully saturated rings. The summed E-state index contributed by atoms with van der Waals surface area (Å²) in [7, 11) is 0. The highest BCUT2D eigenvalue weighted by atomic mass is 16.2. The summed E-state index contributed by atoms with van der Waals surface area (Å²) in [5.41, 5.74) is 1.92. The molecule has 0 aliphatic carbocycles. The lowest BCUT2D eigenvalue weighted by Crippen LogP contribution is -2.39. The number of carbonyl (C=O) groups is 1. The lowest BCUT2D eigenvalue weighted by atomic mass is 10.1. The Morgan fingerprint density at radius 1 is 1.22 bits per heavy atom. The first-order valence-corrected chi connectivity index (χ1v) is 8.02. The second-order valence-corrected chi connectivity index (χ2v) is 5.81. The summed E-state index contributed by atoms with van der Waals surface area (Å²) >= 11 is 0. The van der Waals surface area contributed by atoms with Gasteiger partial charge in [0.25, 0.3) is 0 Å². The molecular formula is C18H24N4O. The van der Waals surface area contributed by atoms with Crippen LogP contribution >= 0.6 is 0 Å². The predicted molar refractivity (Wildman–Crippen MR) is 90.7 cm³/mol. The van der Waals surface area contributed by atoms with E-state index in [1.54, 1.807) is 6.08 Å². The third-order valence-electron chi connectivity index (χ3n) is 3.98. The molecule has 5 heteroatoms. The first kappa shape index (κ1) is 17.2. The van der Waals surface area contributed by atoms with E-state index >= 15 is 0 Å². The largest absolute Gasteiger partial charge is 0.352 e. The molecule has 0 spiro atoms. The Morgan fingerprint density at radius 2 is 1.91 bits per heavy atom. The molecule has 1 amide bonds. The minimum Gasteiger partial charge on any atom is -0.352 e. The SMILES string of the molecule is C=CCNC(=O)CN1CCCN(Cc2ccc(C#N)cc2)CC1. The van der Waals surface area contributed by atoms with Crippen LogP contribution in [-0.4, -0.2) is 55.0 Å². The zero-order chi connectivity index (χ0) is 16.5. The van der Waals surface area contributed by atoms with Gasteiger partial charge in [0.1, 0.15) is 0 Å². The van der Waals surface area contributed by atoms with Gasteiger partial charge in [-0.15, -0.1) is 6.58 Å². The van der Waals surface area contributed by atoms with Gasteiger partial charge in [0.2, 0.25) is 5.91 Å². The van der Waals surface area contributed by atoms with Crippen molar-refractivity contribution in [1.82, 2.24) is 15.1 Å². The van der Waals surface area contributed by atoms with Crippen molar-refractivity contribution in [1.29, 1.82) is 5.26 Å².